The molecule has 1 amide bonds. The zero-order chi connectivity index (χ0) is 20.0. The lowest BCUT2D eigenvalue weighted by atomic mass is 10.0. The number of aliphatic hydroxyl groups is 1. The van der Waals surface area contributed by atoms with Crippen molar-refractivity contribution in [2.75, 3.05) is 13.1 Å². The molecule has 0 aliphatic rings. The summed E-state index contributed by atoms with van der Waals surface area (Å²) in [6.45, 7) is 5.42. The van der Waals surface area contributed by atoms with Crippen molar-refractivity contribution in [3.05, 3.63) is 0 Å². The Balaban J connectivity index is 3.14. The molecule has 4 nitrogen and oxygen atoms in total. The summed E-state index contributed by atoms with van der Waals surface area (Å²) >= 11 is 0. The molecular formula is C23H48N2O2. The Morgan fingerprint density at radius 3 is 1.59 bits per heavy atom. The van der Waals surface area contributed by atoms with E-state index in [9.17, 15) is 9.90 Å². The molecule has 0 rings (SSSR count). The number of carbonyl (C=O) groups is 1. The minimum atomic E-state index is -0.461. The van der Waals surface area contributed by atoms with Crippen molar-refractivity contribution in [1.29, 1.82) is 0 Å². The van der Waals surface area contributed by atoms with Gasteiger partial charge in [-0.25, -0.2) is 0 Å². The van der Waals surface area contributed by atoms with E-state index >= 15 is 0 Å². The average molecular weight is 385 g/mol. The molecule has 0 aromatic rings. The van der Waals surface area contributed by atoms with Gasteiger partial charge in [0.05, 0.1) is 0 Å². The van der Waals surface area contributed by atoms with E-state index in [0.717, 1.165) is 12.8 Å². The smallest absolute Gasteiger partial charge is 0.220 e. The standard InChI is InChI=1S/C23H48N2O2/c1-3-5-6-7-8-9-10-11-12-13-14-15-16-17-18-19-23(27)25-21-20-24-22(26)4-2/h22,24,26H,3-21H2,1-2H3,(H,25,27). The number of aliphatic hydroxyl groups excluding tert-OH is 1. The first-order valence-electron chi connectivity index (χ1n) is 11.9. The number of nitrogens with one attached hydrogen (secondary N) is 2. The van der Waals surface area contributed by atoms with Gasteiger partial charge in [0.15, 0.2) is 0 Å². The SMILES string of the molecule is CCCCCCCCCCCCCCCCCC(=O)NCCNC(O)CC. The zero-order valence-corrected chi connectivity index (χ0v) is 18.4. The van der Waals surface area contributed by atoms with E-state index in [1.165, 1.54) is 83.5 Å². The topological polar surface area (TPSA) is 61.4 Å². The number of unbranched alkanes of at least 4 members (excludes halogenated alkanes) is 14. The molecule has 0 saturated carbocycles. The molecule has 1 atom stereocenters. The maximum atomic E-state index is 11.7. The molecule has 3 N–H and O–H groups in total. The average Bonchev–Trinajstić information content (AvgIpc) is 2.68. The fourth-order valence-corrected chi connectivity index (χ4v) is 3.33. The van der Waals surface area contributed by atoms with Crippen LogP contribution >= 0.6 is 0 Å². The van der Waals surface area contributed by atoms with Gasteiger partial charge in [-0.15, -0.1) is 0 Å². The third-order valence-electron chi connectivity index (χ3n) is 5.22. The van der Waals surface area contributed by atoms with Crippen LogP contribution in [0.1, 0.15) is 123 Å². The van der Waals surface area contributed by atoms with Crippen LogP contribution in [-0.4, -0.2) is 30.3 Å². The van der Waals surface area contributed by atoms with E-state index < -0.39 is 6.23 Å². The number of amides is 1. The monoisotopic (exact) mass is 384 g/mol. The molecule has 162 valence electrons. The molecule has 0 aromatic heterocycles. The van der Waals surface area contributed by atoms with E-state index in [4.69, 9.17) is 0 Å². The molecule has 0 saturated heterocycles. The Morgan fingerprint density at radius 2 is 1.15 bits per heavy atom. The molecule has 0 fully saturated rings. The summed E-state index contributed by atoms with van der Waals surface area (Å²) in [5.41, 5.74) is 0. The van der Waals surface area contributed by atoms with Gasteiger partial charge in [-0.1, -0.05) is 104 Å². The fourth-order valence-electron chi connectivity index (χ4n) is 3.33. The molecule has 0 aromatic carbocycles. The second-order valence-corrected chi connectivity index (χ2v) is 7.93. The van der Waals surface area contributed by atoms with Crippen molar-refractivity contribution in [2.24, 2.45) is 0 Å². The molecule has 0 heterocycles. The van der Waals surface area contributed by atoms with Gasteiger partial charge in [0, 0.05) is 19.5 Å². The van der Waals surface area contributed by atoms with Crippen LogP contribution < -0.4 is 10.6 Å². The van der Waals surface area contributed by atoms with Crippen LogP contribution in [0, 0.1) is 0 Å². The Kier molecular flexibility index (Phi) is 21.2. The van der Waals surface area contributed by atoms with Crippen LogP contribution in [0.25, 0.3) is 0 Å². The van der Waals surface area contributed by atoms with Gasteiger partial charge in [0.25, 0.3) is 0 Å². The van der Waals surface area contributed by atoms with E-state index in [1.54, 1.807) is 0 Å². The van der Waals surface area contributed by atoms with Crippen LogP contribution in [0.5, 0.6) is 0 Å². The first-order chi connectivity index (χ1) is 13.2. The quantitative estimate of drug-likeness (QED) is 0.176. The summed E-state index contributed by atoms with van der Waals surface area (Å²) in [7, 11) is 0. The second-order valence-electron chi connectivity index (χ2n) is 7.93. The van der Waals surface area contributed by atoms with Gasteiger partial charge in [-0.2, -0.15) is 0 Å². The Labute approximate surface area is 169 Å². The first kappa shape index (κ1) is 26.4. The summed E-state index contributed by atoms with van der Waals surface area (Å²) < 4.78 is 0. The summed E-state index contributed by atoms with van der Waals surface area (Å²) in [5.74, 6) is 0.137. The summed E-state index contributed by atoms with van der Waals surface area (Å²) in [5, 5.41) is 15.2. The van der Waals surface area contributed by atoms with Crippen LogP contribution in [0.3, 0.4) is 0 Å². The van der Waals surface area contributed by atoms with Gasteiger partial charge in [-0.3, -0.25) is 10.1 Å². The lowest BCUT2D eigenvalue weighted by Crippen LogP contribution is -2.36. The predicted octanol–water partition coefficient (Wildman–Crippen LogP) is 5.68. The van der Waals surface area contributed by atoms with E-state index in [2.05, 4.69) is 17.6 Å². The molecule has 0 spiro atoms. The number of hydrogen-bond acceptors (Lipinski definition) is 3. The molecular weight excluding hydrogens is 336 g/mol. The summed E-state index contributed by atoms with van der Waals surface area (Å²) in [6.07, 6.45) is 21.1. The van der Waals surface area contributed by atoms with E-state index in [0.29, 0.717) is 25.9 Å². The minimum Gasteiger partial charge on any atom is -0.379 e. The van der Waals surface area contributed by atoms with E-state index in [1.807, 2.05) is 6.92 Å². The van der Waals surface area contributed by atoms with Crippen LogP contribution in [-0.2, 0) is 4.79 Å². The minimum absolute atomic E-state index is 0.137. The Hall–Kier alpha value is -0.610. The highest BCUT2D eigenvalue weighted by molar-refractivity contribution is 5.75. The fraction of sp³-hybridized carbons (Fsp3) is 0.957. The van der Waals surface area contributed by atoms with Crippen molar-refractivity contribution in [3.8, 4) is 0 Å². The molecule has 0 aliphatic heterocycles. The van der Waals surface area contributed by atoms with Crippen molar-refractivity contribution in [1.82, 2.24) is 10.6 Å². The Bertz CT molecular complexity index is 311. The largest absolute Gasteiger partial charge is 0.379 e. The lowest BCUT2D eigenvalue weighted by molar-refractivity contribution is -0.121. The predicted molar refractivity (Wildman–Crippen MR) is 117 cm³/mol. The van der Waals surface area contributed by atoms with Gasteiger partial charge in [0.2, 0.25) is 5.91 Å². The van der Waals surface area contributed by atoms with Gasteiger partial charge < -0.3 is 10.4 Å². The van der Waals surface area contributed by atoms with Gasteiger partial charge >= 0.3 is 0 Å². The van der Waals surface area contributed by atoms with E-state index in [-0.39, 0.29) is 5.91 Å². The normalized spacial score (nSPS) is 12.3. The highest BCUT2D eigenvalue weighted by Gasteiger charge is 2.02. The lowest BCUT2D eigenvalue weighted by Gasteiger charge is -2.10. The molecule has 0 aliphatic carbocycles. The highest BCUT2D eigenvalue weighted by atomic mass is 16.3. The Morgan fingerprint density at radius 1 is 0.704 bits per heavy atom. The number of carbonyl (C=O) groups excluding carboxylic acids is 1. The third-order valence-corrected chi connectivity index (χ3v) is 5.22. The van der Waals surface area contributed by atoms with Gasteiger partial charge in [0.1, 0.15) is 6.23 Å². The molecule has 0 bridgehead atoms. The molecule has 1 unspecified atom stereocenters. The number of hydrogen-bond donors (Lipinski definition) is 3. The van der Waals surface area contributed by atoms with Crippen molar-refractivity contribution in [2.45, 2.75) is 129 Å². The van der Waals surface area contributed by atoms with Gasteiger partial charge in [-0.05, 0) is 12.8 Å². The zero-order valence-electron chi connectivity index (χ0n) is 18.4. The van der Waals surface area contributed by atoms with Crippen LogP contribution in [0.15, 0.2) is 0 Å². The second kappa shape index (κ2) is 21.7. The number of rotatable bonds is 21. The third kappa shape index (κ3) is 21.5. The van der Waals surface area contributed by atoms with Crippen molar-refractivity contribution >= 4 is 5.91 Å². The summed E-state index contributed by atoms with van der Waals surface area (Å²) in [6, 6.07) is 0. The molecule has 0 radical (unpaired) electrons. The van der Waals surface area contributed by atoms with Crippen molar-refractivity contribution in [3.63, 3.8) is 0 Å². The maximum Gasteiger partial charge on any atom is 0.220 e. The van der Waals surface area contributed by atoms with Crippen LogP contribution in [0.2, 0.25) is 0 Å². The van der Waals surface area contributed by atoms with Crippen LogP contribution in [0.4, 0.5) is 0 Å². The van der Waals surface area contributed by atoms with Crippen molar-refractivity contribution < 1.29 is 9.90 Å². The first-order valence-corrected chi connectivity index (χ1v) is 11.9. The summed E-state index contributed by atoms with van der Waals surface area (Å²) in [4.78, 5) is 11.7. The highest BCUT2D eigenvalue weighted by Crippen LogP contribution is 2.13. The maximum absolute atomic E-state index is 11.7. The molecule has 27 heavy (non-hydrogen) atoms. The molecule has 4 heteroatoms.